The highest BCUT2D eigenvalue weighted by Crippen LogP contribution is 2.12. The van der Waals surface area contributed by atoms with Gasteiger partial charge in [-0.15, -0.1) is 0 Å². The number of nitrogen functional groups attached to an aromatic ring is 1. The molecular formula is C8H14N6O2. The lowest BCUT2D eigenvalue weighted by molar-refractivity contribution is -0.116. The number of hydrogen-bond donors (Lipinski definition) is 2. The van der Waals surface area contributed by atoms with Crippen molar-refractivity contribution in [3.05, 3.63) is 0 Å². The van der Waals surface area contributed by atoms with Crippen LogP contribution in [0.5, 0.6) is 6.01 Å². The monoisotopic (exact) mass is 226 g/mol. The molecule has 1 heterocycles. The standard InChI is InChI=1S/C8H14N6O2/c1-3-14(4-5(9)15)7-11-6(10)12-8(13-7)16-2/h3-4H2,1-2H3,(H2,9,15)(H2,10,11,12,13). The van der Waals surface area contributed by atoms with Crippen LogP contribution in [0.2, 0.25) is 0 Å². The highest BCUT2D eigenvalue weighted by Gasteiger charge is 2.13. The van der Waals surface area contributed by atoms with Gasteiger partial charge in [0.1, 0.15) is 0 Å². The van der Waals surface area contributed by atoms with Gasteiger partial charge in [0.25, 0.3) is 0 Å². The molecule has 1 rings (SSSR count). The van der Waals surface area contributed by atoms with Gasteiger partial charge in [0.15, 0.2) is 0 Å². The molecule has 0 aliphatic heterocycles. The first-order valence-electron chi connectivity index (χ1n) is 4.65. The largest absolute Gasteiger partial charge is 0.467 e. The fourth-order valence-corrected chi connectivity index (χ4v) is 1.11. The predicted octanol–water partition coefficient (Wildman–Crippen LogP) is -1.23. The number of likely N-dealkylation sites (N-methyl/N-ethyl adjacent to an activating group) is 1. The summed E-state index contributed by atoms with van der Waals surface area (Å²) in [6.45, 7) is 2.38. The second kappa shape index (κ2) is 5.10. The Balaban J connectivity index is 2.99. The van der Waals surface area contributed by atoms with Crippen molar-refractivity contribution in [2.24, 2.45) is 5.73 Å². The normalized spacial score (nSPS) is 9.88. The highest BCUT2D eigenvalue weighted by atomic mass is 16.5. The zero-order valence-corrected chi connectivity index (χ0v) is 9.17. The number of primary amides is 1. The van der Waals surface area contributed by atoms with E-state index in [-0.39, 0.29) is 24.5 Å². The fourth-order valence-electron chi connectivity index (χ4n) is 1.11. The summed E-state index contributed by atoms with van der Waals surface area (Å²) in [6, 6.07) is 0.102. The first kappa shape index (κ1) is 12.0. The van der Waals surface area contributed by atoms with Crippen LogP contribution in [0.15, 0.2) is 0 Å². The first-order valence-corrected chi connectivity index (χ1v) is 4.65. The molecule has 8 heteroatoms. The molecule has 8 nitrogen and oxygen atoms in total. The topological polar surface area (TPSA) is 120 Å². The van der Waals surface area contributed by atoms with Gasteiger partial charge in [0, 0.05) is 6.54 Å². The van der Waals surface area contributed by atoms with Crippen LogP contribution in [-0.2, 0) is 4.79 Å². The molecule has 88 valence electrons. The number of rotatable bonds is 5. The van der Waals surface area contributed by atoms with E-state index in [1.807, 2.05) is 6.92 Å². The summed E-state index contributed by atoms with van der Waals surface area (Å²) >= 11 is 0. The van der Waals surface area contributed by atoms with E-state index in [1.165, 1.54) is 7.11 Å². The van der Waals surface area contributed by atoms with Crippen LogP contribution in [0.25, 0.3) is 0 Å². The van der Waals surface area contributed by atoms with Gasteiger partial charge in [0.2, 0.25) is 17.8 Å². The predicted molar refractivity (Wildman–Crippen MR) is 57.9 cm³/mol. The molecular weight excluding hydrogens is 212 g/mol. The maximum absolute atomic E-state index is 10.8. The molecule has 0 saturated carbocycles. The van der Waals surface area contributed by atoms with Crippen molar-refractivity contribution in [2.45, 2.75) is 6.92 Å². The summed E-state index contributed by atoms with van der Waals surface area (Å²) in [7, 11) is 1.42. The minimum Gasteiger partial charge on any atom is -0.467 e. The lowest BCUT2D eigenvalue weighted by atomic mass is 10.5. The molecule has 1 amide bonds. The smallest absolute Gasteiger partial charge is 0.322 e. The van der Waals surface area contributed by atoms with E-state index < -0.39 is 5.91 Å². The third-order valence-corrected chi connectivity index (χ3v) is 1.81. The van der Waals surface area contributed by atoms with Crippen molar-refractivity contribution in [3.63, 3.8) is 0 Å². The van der Waals surface area contributed by atoms with Gasteiger partial charge in [0.05, 0.1) is 13.7 Å². The van der Waals surface area contributed by atoms with Gasteiger partial charge in [-0.2, -0.15) is 15.0 Å². The van der Waals surface area contributed by atoms with Gasteiger partial charge in [-0.3, -0.25) is 4.79 Å². The maximum atomic E-state index is 10.8. The molecule has 0 radical (unpaired) electrons. The molecule has 4 N–H and O–H groups in total. The van der Waals surface area contributed by atoms with Crippen molar-refractivity contribution < 1.29 is 9.53 Å². The molecule has 0 unspecified atom stereocenters. The number of amides is 1. The van der Waals surface area contributed by atoms with E-state index in [0.717, 1.165) is 0 Å². The third kappa shape index (κ3) is 2.94. The number of aromatic nitrogens is 3. The summed E-state index contributed by atoms with van der Waals surface area (Å²) in [6.07, 6.45) is 0. The Morgan fingerprint density at radius 2 is 2.12 bits per heavy atom. The Kier molecular flexibility index (Phi) is 3.81. The van der Waals surface area contributed by atoms with Crippen LogP contribution < -0.4 is 21.1 Å². The van der Waals surface area contributed by atoms with Crippen molar-refractivity contribution in [1.29, 1.82) is 0 Å². The first-order chi connectivity index (χ1) is 7.56. The van der Waals surface area contributed by atoms with Crippen molar-refractivity contribution in [1.82, 2.24) is 15.0 Å². The Bertz CT molecular complexity index is 383. The molecule has 1 aromatic rings. The molecule has 0 spiro atoms. The van der Waals surface area contributed by atoms with Crippen LogP contribution in [0.1, 0.15) is 6.92 Å². The van der Waals surface area contributed by atoms with E-state index >= 15 is 0 Å². The number of nitrogens with zero attached hydrogens (tertiary/aromatic N) is 4. The highest BCUT2D eigenvalue weighted by molar-refractivity contribution is 5.78. The molecule has 0 bridgehead atoms. The third-order valence-electron chi connectivity index (χ3n) is 1.81. The Morgan fingerprint density at radius 3 is 2.62 bits per heavy atom. The maximum Gasteiger partial charge on any atom is 0.322 e. The van der Waals surface area contributed by atoms with E-state index in [9.17, 15) is 4.79 Å². The lowest BCUT2D eigenvalue weighted by Gasteiger charge is -2.18. The van der Waals surface area contributed by atoms with Gasteiger partial charge < -0.3 is 21.1 Å². The number of carbonyl (C=O) groups is 1. The van der Waals surface area contributed by atoms with E-state index in [0.29, 0.717) is 6.54 Å². The van der Waals surface area contributed by atoms with Gasteiger partial charge in [-0.1, -0.05) is 0 Å². The molecule has 0 saturated heterocycles. The van der Waals surface area contributed by atoms with Gasteiger partial charge in [-0.05, 0) is 6.92 Å². The molecule has 16 heavy (non-hydrogen) atoms. The molecule has 0 aliphatic rings. The Hall–Kier alpha value is -2.12. The molecule has 1 aromatic heterocycles. The van der Waals surface area contributed by atoms with E-state index in [2.05, 4.69) is 15.0 Å². The molecule has 0 aliphatic carbocycles. The zero-order chi connectivity index (χ0) is 12.1. The summed E-state index contributed by atoms with van der Waals surface area (Å²) in [5.74, 6) is -0.171. The van der Waals surface area contributed by atoms with Crippen molar-refractivity contribution in [3.8, 4) is 6.01 Å². The van der Waals surface area contributed by atoms with Crippen LogP contribution in [0.4, 0.5) is 11.9 Å². The fraction of sp³-hybridized carbons (Fsp3) is 0.500. The molecule has 0 aromatic carbocycles. The zero-order valence-electron chi connectivity index (χ0n) is 9.17. The summed E-state index contributed by atoms with van der Waals surface area (Å²) in [4.78, 5) is 24.0. The number of anilines is 2. The van der Waals surface area contributed by atoms with Crippen LogP contribution in [-0.4, -0.2) is 41.1 Å². The molecule has 0 fully saturated rings. The van der Waals surface area contributed by atoms with Crippen LogP contribution >= 0.6 is 0 Å². The van der Waals surface area contributed by atoms with Gasteiger partial charge in [-0.25, -0.2) is 0 Å². The number of nitrogens with two attached hydrogens (primary N) is 2. The van der Waals surface area contributed by atoms with Crippen LogP contribution in [0.3, 0.4) is 0 Å². The Labute approximate surface area is 92.6 Å². The lowest BCUT2D eigenvalue weighted by Crippen LogP contribution is -2.35. The second-order valence-electron chi connectivity index (χ2n) is 2.96. The van der Waals surface area contributed by atoms with E-state index in [1.54, 1.807) is 4.90 Å². The summed E-state index contributed by atoms with van der Waals surface area (Å²) in [5, 5.41) is 0. The quantitative estimate of drug-likeness (QED) is 0.645. The number of ether oxygens (including phenoxy) is 1. The minimum absolute atomic E-state index is 0.0170. The summed E-state index contributed by atoms with van der Waals surface area (Å²) in [5.41, 5.74) is 10.6. The van der Waals surface area contributed by atoms with Crippen molar-refractivity contribution in [2.75, 3.05) is 30.8 Å². The average Bonchev–Trinajstić information content (AvgIpc) is 2.24. The minimum atomic E-state index is -0.472. The SMILES string of the molecule is CCN(CC(N)=O)c1nc(N)nc(OC)n1. The Morgan fingerprint density at radius 1 is 1.44 bits per heavy atom. The second-order valence-corrected chi connectivity index (χ2v) is 2.96. The van der Waals surface area contributed by atoms with Crippen molar-refractivity contribution >= 4 is 17.8 Å². The average molecular weight is 226 g/mol. The number of hydrogen-bond acceptors (Lipinski definition) is 7. The van der Waals surface area contributed by atoms with Gasteiger partial charge >= 0.3 is 6.01 Å². The summed E-state index contributed by atoms with van der Waals surface area (Å²) < 4.78 is 4.85. The number of methoxy groups -OCH3 is 1. The molecule has 0 atom stereocenters. The number of carbonyl (C=O) groups excluding carboxylic acids is 1. The van der Waals surface area contributed by atoms with Crippen LogP contribution in [0, 0.1) is 0 Å². The van der Waals surface area contributed by atoms with E-state index in [4.69, 9.17) is 16.2 Å².